The fourth-order valence-electron chi connectivity index (χ4n) is 3.57. The van der Waals surface area contributed by atoms with Crippen molar-refractivity contribution in [1.82, 2.24) is 0 Å². The van der Waals surface area contributed by atoms with Gasteiger partial charge < -0.3 is 5.73 Å². The van der Waals surface area contributed by atoms with E-state index < -0.39 is 0 Å². The van der Waals surface area contributed by atoms with Gasteiger partial charge in [-0.1, -0.05) is 71.7 Å². The molecule has 0 amide bonds. The Bertz CT molecular complexity index is 1200. The monoisotopic (exact) mass is 393 g/mol. The summed E-state index contributed by atoms with van der Waals surface area (Å²) in [6.45, 7) is 1.88. The molecule has 4 aromatic carbocycles. The van der Waals surface area contributed by atoms with E-state index in [2.05, 4.69) is 0 Å². The highest BCUT2D eigenvalue weighted by Crippen LogP contribution is 2.33. The molecule has 0 aliphatic heterocycles. The van der Waals surface area contributed by atoms with E-state index in [1.54, 1.807) is 0 Å². The Morgan fingerprint density at radius 3 is 2.26 bits per heavy atom. The Morgan fingerprint density at radius 1 is 0.852 bits per heavy atom. The molecule has 0 aromatic heterocycles. The third-order valence-electron chi connectivity index (χ3n) is 4.84. The molecule has 134 valence electrons. The number of carbonyl (C=O) groups excluding carboxylic acids is 1. The van der Waals surface area contributed by atoms with Gasteiger partial charge in [0.15, 0.2) is 5.78 Å². The van der Waals surface area contributed by atoms with E-state index in [1.807, 2.05) is 73.7 Å². The number of hydrogen-bond donors (Lipinski definition) is 1. The van der Waals surface area contributed by atoms with Crippen molar-refractivity contribution in [2.75, 3.05) is 0 Å². The minimum absolute atomic E-state index is 0.0638. The molecule has 4 aromatic rings. The fraction of sp³-hybridized carbons (Fsp3) is 0.0870. The summed E-state index contributed by atoms with van der Waals surface area (Å²) in [5.41, 5.74) is 8.26. The normalized spacial score (nSPS) is 12.4. The van der Waals surface area contributed by atoms with E-state index in [-0.39, 0.29) is 11.8 Å². The Balaban J connectivity index is 1.91. The van der Waals surface area contributed by atoms with Crippen LogP contribution in [-0.4, -0.2) is 5.78 Å². The molecule has 1 atom stereocenters. The number of benzene rings is 4. The van der Waals surface area contributed by atoms with E-state index in [4.69, 9.17) is 28.9 Å². The average Bonchev–Trinajstić information content (AvgIpc) is 2.66. The molecule has 2 nitrogen and oxygen atoms in total. The number of hydrogen-bond acceptors (Lipinski definition) is 2. The van der Waals surface area contributed by atoms with E-state index >= 15 is 0 Å². The van der Waals surface area contributed by atoms with E-state index in [1.165, 1.54) is 0 Å². The van der Waals surface area contributed by atoms with Gasteiger partial charge in [0, 0.05) is 38.0 Å². The summed E-state index contributed by atoms with van der Waals surface area (Å²) in [5.74, 6) is -0.0638. The summed E-state index contributed by atoms with van der Waals surface area (Å²) in [4.78, 5) is 13.3. The van der Waals surface area contributed by atoms with E-state index in [0.717, 1.165) is 27.1 Å². The lowest BCUT2D eigenvalue weighted by atomic mass is 9.90. The van der Waals surface area contributed by atoms with Gasteiger partial charge in [0.1, 0.15) is 0 Å². The second kappa shape index (κ2) is 6.97. The minimum atomic E-state index is -0.305. The first kappa shape index (κ1) is 18.0. The molecule has 27 heavy (non-hydrogen) atoms. The summed E-state index contributed by atoms with van der Waals surface area (Å²) in [5, 5.41) is 4.98. The molecule has 0 radical (unpaired) electrons. The lowest BCUT2D eigenvalue weighted by molar-refractivity contribution is 0.103. The molecule has 0 bridgehead atoms. The third kappa shape index (κ3) is 3.10. The Labute approximate surface area is 167 Å². The van der Waals surface area contributed by atoms with Gasteiger partial charge in [0.05, 0.1) is 0 Å². The number of carbonyl (C=O) groups is 1. The van der Waals surface area contributed by atoms with Gasteiger partial charge in [-0.25, -0.2) is 0 Å². The van der Waals surface area contributed by atoms with Crippen LogP contribution in [0.15, 0.2) is 66.7 Å². The molecule has 0 aliphatic carbocycles. The van der Waals surface area contributed by atoms with Crippen molar-refractivity contribution in [3.8, 4) is 0 Å². The van der Waals surface area contributed by atoms with Crippen LogP contribution in [0.5, 0.6) is 0 Å². The Morgan fingerprint density at radius 2 is 1.52 bits per heavy atom. The largest absolute Gasteiger partial charge is 0.324 e. The van der Waals surface area contributed by atoms with Gasteiger partial charge in [-0.2, -0.15) is 0 Å². The van der Waals surface area contributed by atoms with Crippen molar-refractivity contribution < 1.29 is 4.79 Å². The minimum Gasteiger partial charge on any atom is -0.324 e. The average molecular weight is 394 g/mol. The van der Waals surface area contributed by atoms with Crippen molar-refractivity contribution in [3.63, 3.8) is 0 Å². The smallest absolute Gasteiger partial charge is 0.193 e. The maximum atomic E-state index is 13.3. The standard InChI is InChI=1S/C23H17Cl2NO/c1-13(26)22-18-5-3-7-21(25)17(18)10-11-19(22)23(27)15-8-9-16-14(12-15)4-2-6-20(16)24/h2-13H,26H2,1H3. The number of fused-ring (bicyclic) bond motifs is 2. The molecule has 2 N–H and O–H groups in total. The maximum absolute atomic E-state index is 13.3. The molecule has 0 fully saturated rings. The van der Waals surface area contributed by atoms with Gasteiger partial charge in [-0.3, -0.25) is 4.79 Å². The van der Waals surface area contributed by atoms with Crippen molar-refractivity contribution in [2.45, 2.75) is 13.0 Å². The van der Waals surface area contributed by atoms with Gasteiger partial charge in [0.2, 0.25) is 0 Å². The van der Waals surface area contributed by atoms with Gasteiger partial charge in [0.25, 0.3) is 0 Å². The van der Waals surface area contributed by atoms with Gasteiger partial charge >= 0.3 is 0 Å². The van der Waals surface area contributed by atoms with Crippen molar-refractivity contribution in [1.29, 1.82) is 0 Å². The Kier molecular flexibility index (Phi) is 4.65. The molecular formula is C23H17Cl2NO. The molecule has 0 heterocycles. The van der Waals surface area contributed by atoms with Crippen LogP contribution >= 0.6 is 23.2 Å². The number of nitrogens with two attached hydrogens (primary N) is 1. The van der Waals surface area contributed by atoms with Crippen LogP contribution < -0.4 is 5.73 Å². The molecule has 0 spiro atoms. The predicted octanol–water partition coefficient (Wildman–Crippen LogP) is 6.55. The van der Waals surface area contributed by atoms with Crippen molar-refractivity contribution >= 4 is 50.5 Å². The SMILES string of the molecule is CC(N)c1c(C(=O)c2ccc3c(Cl)cccc3c2)ccc2c(Cl)cccc12. The first-order chi connectivity index (χ1) is 13.0. The second-order valence-corrected chi connectivity index (χ2v) is 7.47. The van der Waals surface area contributed by atoms with Crippen LogP contribution in [0.3, 0.4) is 0 Å². The summed E-state index contributed by atoms with van der Waals surface area (Å²) in [7, 11) is 0. The Hall–Kier alpha value is -2.39. The zero-order valence-corrected chi connectivity index (χ0v) is 16.2. The quantitative estimate of drug-likeness (QED) is 0.401. The highest BCUT2D eigenvalue weighted by Gasteiger charge is 2.19. The zero-order valence-electron chi connectivity index (χ0n) is 14.7. The topological polar surface area (TPSA) is 43.1 Å². The molecule has 0 saturated heterocycles. The maximum Gasteiger partial charge on any atom is 0.193 e. The molecule has 1 unspecified atom stereocenters. The number of rotatable bonds is 3. The summed E-state index contributed by atoms with van der Waals surface area (Å²) >= 11 is 12.6. The zero-order chi connectivity index (χ0) is 19.1. The van der Waals surface area contributed by atoms with Crippen LogP contribution in [0, 0.1) is 0 Å². The summed E-state index contributed by atoms with van der Waals surface area (Å²) in [6.07, 6.45) is 0. The molecule has 4 heteroatoms. The fourth-order valence-corrected chi connectivity index (χ4v) is 4.05. The van der Waals surface area contributed by atoms with Crippen LogP contribution in [0.1, 0.15) is 34.5 Å². The van der Waals surface area contributed by atoms with Crippen molar-refractivity contribution in [3.05, 3.63) is 93.5 Å². The number of ketones is 1. The second-order valence-electron chi connectivity index (χ2n) is 6.66. The van der Waals surface area contributed by atoms with Crippen LogP contribution in [0.4, 0.5) is 0 Å². The lowest BCUT2D eigenvalue weighted by Crippen LogP contribution is -2.13. The summed E-state index contributed by atoms with van der Waals surface area (Å²) < 4.78 is 0. The molecule has 4 rings (SSSR count). The van der Waals surface area contributed by atoms with E-state index in [0.29, 0.717) is 21.2 Å². The first-order valence-corrected chi connectivity index (χ1v) is 9.42. The number of halogens is 2. The highest BCUT2D eigenvalue weighted by molar-refractivity contribution is 6.36. The molecule has 0 aliphatic rings. The van der Waals surface area contributed by atoms with Crippen molar-refractivity contribution in [2.24, 2.45) is 5.73 Å². The first-order valence-electron chi connectivity index (χ1n) is 8.67. The molecular weight excluding hydrogens is 377 g/mol. The van der Waals surface area contributed by atoms with Gasteiger partial charge in [-0.15, -0.1) is 0 Å². The van der Waals surface area contributed by atoms with Crippen LogP contribution in [0.25, 0.3) is 21.5 Å². The predicted molar refractivity (Wildman–Crippen MR) is 114 cm³/mol. The lowest BCUT2D eigenvalue weighted by Gasteiger charge is -2.16. The highest BCUT2D eigenvalue weighted by atomic mass is 35.5. The summed E-state index contributed by atoms with van der Waals surface area (Å²) in [6, 6.07) is 20.3. The van der Waals surface area contributed by atoms with Gasteiger partial charge in [-0.05, 0) is 41.5 Å². The molecule has 0 saturated carbocycles. The van der Waals surface area contributed by atoms with E-state index in [9.17, 15) is 4.79 Å². The van der Waals surface area contributed by atoms with Crippen LogP contribution in [0.2, 0.25) is 10.0 Å². The van der Waals surface area contributed by atoms with Crippen LogP contribution in [-0.2, 0) is 0 Å². The third-order valence-corrected chi connectivity index (χ3v) is 5.50.